The van der Waals surface area contributed by atoms with E-state index in [1.54, 1.807) is 7.11 Å². The zero-order valence-corrected chi connectivity index (χ0v) is 11.4. The van der Waals surface area contributed by atoms with Gasteiger partial charge < -0.3 is 9.47 Å². The predicted octanol–water partition coefficient (Wildman–Crippen LogP) is 2.00. The topological polar surface area (TPSA) is 56.5 Å². The van der Waals surface area contributed by atoms with Crippen molar-refractivity contribution < 1.29 is 9.47 Å². The fourth-order valence-corrected chi connectivity index (χ4v) is 2.58. The molecule has 0 radical (unpaired) electrons. The van der Waals surface area contributed by atoms with Gasteiger partial charge in [0.15, 0.2) is 0 Å². The van der Waals surface area contributed by atoms with E-state index in [-0.39, 0.29) is 6.04 Å². The highest BCUT2D eigenvalue weighted by atomic mass is 79.9. The summed E-state index contributed by atoms with van der Waals surface area (Å²) in [6.07, 6.45) is 1.02. The van der Waals surface area contributed by atoms with Crippen molar-refractivity contribution in [3.63, 3.8) is 0 Å². The molecule has 2 rings (SSSR count). The summed E-state index contributed by atoms with van der Waals surface area (Å²) in [6.45, 7) is 1.55. The van der Waals surface area contributed by atoms with E-state index in [2.05, 4.69) is 21.4 Å². The number of hydrogen-bond donors (Lipinski definition) is 2. The third-order valence-electron chi connectivity index (χ3n) is 3.15. The Morgan fingerprint density at radius 2 is 2.41 bits per heavy atom. The Labute approximate surface area is 110 Å². The van der Waals surface area contributed by atoms with E-state index in [0.29, 0.717) is 5.92 Å². The fourth-order valence-electron chi connectivity index (χ4n) is 2.24. The van der Waals surface area contributed by atoms with Crippen molar-refractivity contribution in [3.05, 3.63) is 28.2 Å². The maximum Gasteiger partial charge on any atom is 0.124 e. The van der Waals surface area contributed by atoms with Crippen LogP contribution in [0.5, 0.6) is 5.75 Å². The largest absolute Gasteiger partial charge is 0.496 e. The predicted molar refractivity (Wildman–Crippen MR) is 69.7 cm³/mol. The molecule has 2 unspecified atom stereocenters. The van der Waals surface area contributed by atoms with Gasteiger partial charge in [0.1, 0.15) is 5.75 Å². The second-order valence-corrected chi connectivity index (χ2v) is 5.07. The summed E-state index contributed by atoms with van der Waals surface area (Å²) in [4.78, 5) is 0. The number of benzene rings is 1. The molecule has 1 aromatic rings. The van der Waals surface area contributed by atoms with E-state index in [1.807, 2.05) is 18.2 Å². The van der Waals surface area contributed by atoms with Gasteiger partial charge in [-0.1, -0.05) is 22.0 Å². The molecule has 17 heavy (non-hydrogen) atoms. The molecule has 0 aromatic heterocycles. The Hall–Kier alpha value is -0.620. The molecule has 0 bridgehead atoms. The van der Waals surface area contributed by atoms with Gasteiger partial charge in [0.05, 0.1) is 19.8 Å². The van der Waals surface area contributed by atoms with E-state index in [0.717, 1.165) is 35.4 Å². The van der Waals surface area contributed by atoms with Crippen LogP contribution < -0.4 is 16.0 Å². The first-order chi connectivity index (χ1) is 8.26. The second-order valence-electron chi connectivity index (χ2n) is 4.15. The van der Waals surface area contributed by atoms with Crippen LogP contribution in [0.15, 0.2) is 22.7 Å². The van der Waals surface area contributed by atoms with Crippen molar-refractivity contribution in [3.8, 4) is 5.75 Å². The van der Waals surface area contributed by atoms with Crippen molar-refractivity contribution in [2.45, 2.75) is 12.5 Å². The molecule has 94 valence electrons. The molecule has 1 aliphatic heterocycles. The molecule has 1 heterocycles. The van der Waals surface area contributed by atoms with Gasteiger partial charge in [0.2, 0.25) is 0 Å². The number of ether oxygens (including phenoxy) is 2. The normalized spacial score (nSPS) is 21.5. The minimum Gasteiger partial charge on any atom is -0.496 e. The van der Waals surface area contributed by atoms with Crippen LogP contribution in [-0.4, -0.2) is 20.3 Å². The van der Waals surface area contributed by atoms with E-state index in [9.17, 15) is 0 Å². The summed E-state index contributed by atoms with van der Waals surface area (Å²) in [5.74, 6) is 6.91. The van der Waals surface area contributed by atoms with Gasteiger partial charge in [-0.15, -0.1) is 0 Å². The van der Waals surface area contributed by atoms with E-state index in [4.69, 9.17) is 15.3 Å². The van der Waals surface area contributed by atoms with E-state index < -0.39 is 0 Å². The third kappa shape index (κ3) is 2.80. The Morgan fingerprint density at radius 1 is 1.59 bits per heavy atom. The lowest BCUT2D eigenvalue weighted by Gasteiger charge is -2.23. The lowest BCUT2D eigenvalue weighted by Crippen LogP contribution is -2.34. The maximum atomic E-state index is 5.67. The van der Waals surface area contributed by atoms with Gasteiger partial charge in [-0.3, -0.25) is 11.3 Å². The quantitative estimate of drug-likeness (QED) is 0.660. The zero-order valence-electron chi connectivity index (χ0n) is 9.78. The molecular weight excluding hydrogens is 284 g/mol. The molecule has 0 aliphatic carbocycles. The second kappa shape index (κ2) is 5.82. The molecule has 2 atom stereocenters. The summed E-state index contributed by atoms with van der Waals surface area (Å²) in [5, 5.41) is 0. The SMILES string of the molecule is COc1cc(Br)ccc1C(NN)C1CCOC1. The first kappa shape index (κ1) is 12.8. The van der Waals surface area contributed by atoms with Crippen LogP contribution in [0.3, 0.4) is 0 Å². The molecule has 1 aliphatic rings. The van der Waals surface area contributed by atoms with Crippen molar-refractivity contribution >= 4 is 15.9 Å². The fraction of sp³-hybridized carbons (Fsp3) is 0.500. The summed E-state index contributed by atoms with van der Waals surface area (Å²) < 4.78 is 11.8. The molecule has 4 nitrogen and oxygen atoms in total. The van der Waals surface area contributed by atoms with Crippen molar-refractivity contribution in [1.82, 2.24) is 5.43 Å². The summed E-state index contributed by atoms with van der Waals surface area (Å²) in [6, 6.07) is 6.06. The molecule has 5 heteroatoms. The van der Waals surface area contributed by atoms with Crippen LogP contribution in [0.2, 0.25) is 0 Å². The highest BCUT2D eigenvalue weighted by Gasteiger charge is 2.28. The smallest absolute Gasteiger partial charge is 0.124 e. The number of nitrogens with two attached hydrogens (primary N) is 1. The lowest BCUT2D eigenvalue weighted by molar-refractivity contribution is 0.176. The molecule has 0 amide bonds. The van der Waals surface area contributed by atoms with Crippen LogP contribution in [0.25, 0.3) is 0 Å². The summed E-state index contributed by atoms with van der Waals surface area (Å²) >= 11 is 3.44. The molecular formula is C12H17BrN2O2. The standard InChI is InChI=1S/C12H17BrN2O2/c1-16-11-6-9(13)2-3-10(11)12(15-14)8-4-5-17-7-8/h2-3,6,8,12,15H,4-5,7,14H2,1H3. The van der Waals surface area contributed by atoms with E-state index >= 15 is 0 Å². The maximum absolute atomic E-state index is 5.67. The monoisotopic (exact) mass is 300 g/mol. The van der Waals surface area contributed by atoms with Crippen molar-refractivity contribution in [2.24, 2.45) is 11.8 Å². The average Bonchev–Trinajstić information content (AvgIpc) is 2.85. The third-order valence-corrected chi connectivity index (χ3v) is 3.64. The summed E-state index contributed by atoms with van der Waals surface area (Å²) in [7, 11) is 1.67. The number of methoxy groups -OCH3 is 1. The number of hydrogen-bond acceptors (Lipinski definition) is 4. The van der Waals surface area contributed by atoms with Crippen LogP contribution in [0.1, 0.15) is 18.0 Å². The van der Waals surface area contributed by atoms with Crippen molar-refractivity contribution in [2.75, 3.05) is 20.3 Å². The molecule has 0 saturated carbocycles. The highest BCUT2D eigenvalue weighted by molar-refractivity contribution is 9.10. The van der Waals surface area contributed by atoms with Gasteiger partial charge >= 0.3 is 0 Å². The Kier molecular flexibility index (Phi) is 4.39. The first-order valence-corrected chi connectivity index (χ1v) is 6.43. The number of hydrazine groups is 1. The van der Waals surface area contributed by atoms with E-state index in [1.165, 1.54) is 0 Å². The van der Waals surface area contributed by atoms with Crippen LogP contribution >= 0.6 is 15.9 Å². The van der Waals surface area contributed by atoms with Crippen LogP contribution in [0.4, 0.5) is 0 Å². The average molecular weight is 301 g/mol. The number of nitrogens with one attached hydrogen (secondary N) is 1. The first-order valence-electron chi connectivity index (χ1n) is 5.63. The minimum absolute atomic E-state index is 0.0700. The van der Waals surface area contributed by atoms with Crippen LogP contribution in [0, 0.1) is 5.92 Å². The molecule has 0 spiro atoms. The zero-order chi connectivity index (χ0) is 12.3. The van der Waals surface area contributed by atoms with Gasteiger partial charge in [-0.2, -0.15) is 0 Å². The Balaban J connectivity index is 2.29. The van der Waals surface area contributed by atoms with Gasteiger partial charge in [0, 0.05) is 22.6 Å². The number of rotatable bonds is 4. The number of halogens is 1. The van der Waals surface area contributed by atoms with Gasteiger partial charge in [-0.05, 0) is 18.6 Å². The van der Waals surface area contributed by atoms with Crippen molar-refractivity contribution in [1.29, 1.82) is 0 Å². The molecule has 1 saturated heterocycles. The van der Waals surface area contributed by atoms with Gasteiger partial charge in [-0.25, -0.2) is 0 Å². The minimum atomic E-state index is 0.0700. The van der Waals surface area contributed by atoms with Gasteiger partial charge in [0.25, 0.3) is 0 Å². The molecule has 1 aromatic carbocycles. The molecule has 3 N–H and O–H groups in total. The Bertz CT molecular complexity index is 381. The summed E-state index contributed by atoms with van der Waals surface area (Å²) in [5.41, 5.74) is 3.96. The lowest BCUT2D eigenvalue weighted by atomic mass is 9.92. The Morgan fingerprint density at radius 3 is 3.00 bits per heavy atom. The highest BCUT2D eigenvalue weighted by Crippen LogP contribution is 2.35. The van der Waals surface area contributed by atoms with Crippen LogP contribution in [-0.2, 0) is 4.74 Å². The molecule has 1 fully saturated rings.